The molecule has 1 atom stereocenters. The lowest BCUT2D eigenvalue weighted by atomic mass is 9.99. The van der Waals surface area contributed by atoms with Gasteiger partial charge in [-0.05, 0) is 12.3 Å². The fraction of sp³-hybridized carbons (Fsp3) is 0.966. The van der Waals surface area contributed by atoms with E-state index in [0.717, 1.165) is 18.8 Å². The summed E-state index contributed by atoms with van der Waals surface area (Å²) in [5.41, 5.74) is 0. The third kappa shape index (κ3) is 27.4. The minimum Gasteiger partial charge on any atom is -0.481 e. The second-order valence-electron chi connectivity index (χ2n) is 10.2. The van der Waals surface area contributed by atoms with Crippen LogP contribution in [0.25, 0.3) is 0 Å². The van der Waals surface area contributed by atoms with E-state index < -0.39 is 5.97 Å². The van der Waals surface area contributed by atoms with E-state index in [2.05, 4.69) is 13.8 Å². The van der Waals surface area contributed by atoms with Gasteiger partial charge >= 0.3 is 5.97 Å². The lowest BCUT2D eigenvalue weighted by molar-refractivity contribution is -0.137. The first-order chi connectivity index (χ1) is 15.2. The first-order valence-electron chi connectivity index (χ1n) is 14.4. The molecule has 0 heterocycles. The summed E-state index contributed by atoms with van der Waals surface area (Å²) in [5.74, 6) is 0.286. The van der Waals surface area contributed by atoms with Crippen LogP contribution in [0.2, 0.25) is 0 Å². The Labute approximate surface area is 196 Å². The first kappa shape index (κ1) is 30.5. The van der Waals surface area contributed by atoms with Gasteiger partial charge in [0.05, 0.1) is 0 Å². The zero-order valence-electron chi connectivity index (χ0n) is 21.6. The quantitative estimate of drug-likeness (QED) is 0.136. The molecular formula is C29H58O2. The minimum absolute atomic E-state index is 0.346. The number of rotatable bonds is 26. The highest BCUT2D eigenvalue weighted by Gasteiger charge is 1.99. The molecule has 1 unspecified atom stereocenters. The zero-order valence-corrected chi connectivity index (χ0v) is 21.6. The van der Waals surface area contributed by atoms with E-state index in [1.807, 2.05) is 0 Å². The first-order valence-corrected chi connectivity index (χ1v) is 14.4. The Morgan fingerprint density at radius 2 is 0.774 bits per heavy atom. The number of carboxylic acid groups (broad SMARTS) is 1. The van der Waals surface area contributed by atoms with Crippen molar-refractivity contribution < 1.29 is 9.90 Å². The van der Waals surface area contributed by atoms with Gasteiger partial charge in [-0.1, -0.05) is 162 Å². The highest BCUT2D eigenvalue weighted by Crippen LogP contribution is 2.17. The molecule has 0 spiro atoms. The van der Waals surface area contributed by atoms with Gasteiger partial charge in [0.2, 0.25) is 0 Å². The maximum atomic E-state index is 10.4. The Morgan fingerprint density at radius 1 is 0.516 bits per heavy atom. The predicted octanol–water partition coefficient (Wildman–Crippen LogP) is 10.5. The summed E-state index contributed by atoms with van der Waals surface area (Å²) in [4.78, 5) is 10.4. The summed E-state index contributed by atoms with van der Waals surface area (Å²) >= 11 is 0. The molecule has 186 valence electrons. The summed E-state index contributed by atoms with van der Waals surface area (Å²) in [7, 11) is 0. The molecule has 31 heavy (non-hydrogen) atoms. The largest absolute Gasteiger partial charge is 0.481 e. The number of carbonyl (C=O) groups is 1. The molecule has 0 aliphatic heterocycles. The third-order valence-corrected chi connectivity index (χ3v) is 7.03. The highest BCUT2D eigenvalue weighted by molar-refractivity contribution is 5.66. The van der Waals surface area contributed by atoms with Gasteiger partial charge in [0.15, 0.2) is 0 Å². The molecule has 0 saturated heterocycles. The second-order valence-corrected chi connectivity index (χ2v) is 10.2. The topological polar surface area (TPSA) is 37.3 Å². The molecule has 0 radical (unpaired) electrons. The Kier molecular flexibility index (Phi) is 25.3. The van der Waals surface area contributed by atoms with Crippen molar-refractivity contribution in [1.82, 2.24) is 0 Å². The molecule has 0 aromatic heterocycles. The number of hydrogen-bond donors (Lipinski definition) is 1. The third-order valence-electron chi connectivity index (χ3n) is 7.03. The molecular weight excluding hydrogens is 380 g/mol. The normalized spacial score (nSPS) is 12.3. The van der Waals surface area contributed by atoms with Crippen molar-refractivity contribution in [3.8, 4) is 0 Å². The molecule has 0 bridgehead atoms. The standard InChI is InChI=1S/C29H58O2/c1-3-28(2)26-24-22-20-18-16-14-12-10-8-6-4-5-7-9-11-13-15-17-19-21-23-25-27-29(30)31/h28H,3-27H2,1-2H3,(H,30,31). The summed E-state index contributed by atoms with van der Waals surface area (Å²) in [6, 6.07) is 0. The number of hydrogen-bond acceptors (Lipinski definition) is 1. The predicted molar refractivity (Wildman–Crippen MR) is 138 cm³/mol. The molecule has 2 nitrogen and oxygen atoms in total. The molecule has 0 aliphatic rings. The average molecular weight is 439 g/mol. The molecule has 0 amide bonds. The molecule has 0 aromatic rings. The van der Waals surface area contributed by atoms with Crippen LogP contribution in [0.15, 0.2) is 0 Å². The van der Waals surface area contributed by atoms with E-state index in [4.69, 9.17) is 5.11 Å². The summed E-state index contributed by atoms with van der Waals surface area (Å²) in [6.07, 6.45) is 33.5. The smallest absolute Gasteiger partial charge is 0.303 e. The van der Waals surface area contributed by atoms with E-state index in [1.165, 1.54) is 141 Å². The minimum atomic E-state index is -0.649. The van der Waals surface area contributed by atoms with Gasteiger partial charge in [-0.2, -0.15) is 0 Å². The monoisotopic (exact) mass is 438 g/mol. The number of carboxylic acids is 1. The van der Waals surface area contributed by atoms with Gasteiger partial charge in [-0.3, -0.25) is 4.79 Å². The van der Waals surface area contributed by atoms with Gasteiger partial charge in [0.25, 0.3) is 0 Å². The van der Waals surface area contributed by atoms with Crippen molar-refractivity contribution >= 4 is 5.97 Å². The zero-order chi connectivity index (χ0) is 22.8. The van der Waals surface area contributed by atoms with E-state index in [9.17, 15) is 4.79 Å². The Hall–Kier alpha value is -0.530. The Balaban J connectivity index is 3.03. The molecule has 1 N–H and O–H groups in total. The van der Waals surface area contributed by atoms with E-state index in [-0.39, 0.29) is 0 Å². The van der Waals surface area contributed by atoms with Gasteiger partial charge < -0.3 is 5.11 Å². The lowest BCUT2D eigenvalue weighted by Gasteiger charge is -2.07. The van der Waals surface area contributed by atoms with Crippen LogP contribution in [0.5, 0.6) is 0 Å². The summed E-state index contributed by atoms with van der Waals surface area (Å²) < 4.78 is 0. The van der Waals surface area contributed by atoms with Crippen LogP contribution in [-0.4, -0.2) is 11.1 Å². The van der Waals surface area contributed by atoms with Crippen LogP contribution in [0, 0.1) is 5.92 Å². The lowest BCUT2D eigenvalue weighted by Crippen LogP contribution is -1.93. The van der Waals surface area contributed by atoms with Crippen LogP contribution >= 0.6 is 0 Å². The van der Waals surface area contributed by atoms with Crippen molar-refractivity contribution in [3.05, 3.63) is 0 Å². The van der Waals surface area contributed by atoms with Crippen molar-refractivity contribution in [2.45, 2.75) is 174 Å². The van der Waals surface area contributed by atoms with Crippen LogP contribution in [0.4, 0.5) is 0 Å². The fourth-order valence-electron chi connectivity index (χ4n) is 4.51. The van der Waals surface area contributed by atoms with Crippen molar-refractivity contribution in [2.75, 3.05) is 0 Å². The molecule has 0 rings (SSSR count). The van der Waals surface area contributed by atoms with Gasteiger partial charge in [-0.25, -0.2) is 0 Å². The molecule has 2 heteroatoms. The van der Waals surface area contributed by atoms with Crippen LogP contribution in [0.3, 0.4) is 0 Å². The van der Waals surface area contributed by atoms with E-state index >= 15 is 0 Å². The second kappa shape index (κ2) is 25.7. The van der Waals surface area contributed by atoms with Gasteiger partial charge in [0, 0.05) is 6.42 Å². The van der Waals surface area contributed by atoms with Gasteiger partial charge in [0.1, 0.15) is 0 Å². The highest BCUT2D eigenvalue weighted by atomic mass is 16.4. The van der Waals surface area contributed by atoms with Crippen molar-refractivity contribution in [1.29, 1.82) is 0 Å². The van der Waals surface area contributed by atoms with Crippen molar-refractivity contribution in [3.63, 3.8) is 0 Å². The molecule has 0 aliphatic carbocycles. The summed E-state index contributed by atoms with van der Waals surface area (Å²) in [5, 5.41) is 8.60. The van der Waals surface area contributed by atoms with Gasteiger partial charge in [-0.15, -0.1) is 0 Å². The molecule has 0 fully saturated rings. The molecule has 0 saturated carbocycles. The van der Waals surface area contributed by atoms with Crippen molar-refractivity contribution in [2.24, 2.45) is 5.92 Å². The van der Waals surface area contributed by atoms with E-state index in [1.54, 1.807) is 0 Å². The van der Waals surface area contributed by atoms with Crippen LogP contribution in [0.1, 0.15) is 174 Å². The maximum Gasteiger partial charge on any atom is 0.303 e. The SMILES string of the molecule is CCC(C)CCCCCCCCCCCCCCCCCCCCCCCCC(=O)O. The van der Waals surface area contributed by atoms with Crippen LogP contribution < -0.4 is 0 Å². The Morgan fingerprint density at radius 3 is 1.03 bits per heavy atom. The van der Waals surface area contributed by atoms with E-state index in [0.29, 0.717) is 6.42 Å². The summed E-state index contributed by atoms with van der Waals surface area (Å²) in [6.45, 7) is 4.70. The Bertz CT molecular complexity index is 353. The maximum absolute atomic E-state index is 10.4. The number of unbranched alkanes of at least 4 members (excludes halogenated alkanes) is 21. The average Bonchev–Trinajstić information content (AvgIpc) is 2.76. The fourth-order valence-corrected chi connectivity index (χ4v) is 4.51. The molecule has 0 aromatic carbocycles. The van der Waals surface area contributed by atoms with Crippen LogP contribution in [-0.2, 0) is 4.79 Å². The number of aliphatic carboxylic acids is 1.